The average molecular weight is 268 g/mol. The summed E-state index contributed by atoms with van der Waals surface area (Å²) in [6.07, 6.45) is 1.71. The van der Waals surface area contributed by atoms with Crippen LogP contribution in [0.15, 0.2) is 54.7 Å². The van der Waals surface area contributed by atoms with Crippen molar-refractivity contribution in [2.75, 3.05) is 5.32 Å². The number of amides is 1. The minimum Gasteiger partial charge on any atom is -0.350 e. The van der Waals surface area contributed by atoms with Gasteiger partial charge in [-0.25, -0.2) is 4.39 Å². The summed E-state index contributed by atoms with van der Waals surface area (Å²) in [5.41, 5.74) is 1.96. The highest BCUT2D eigenvalue weighted by atomic mass is 19.1. The highest BCUT2D eigenvalue weighted by molar-refractivity contribution is 6.12. The molecule has 1 amide bonds. The number of hydrogen-bond donors (Lipinski definition) is 1. The molecular weight excluding hydrogens is 255 g/mol. The van der Waals surface area contributed by atoms with Crippen LogP contribution in [0.25, 0.3) is 10.9 Å². The molecule has 100 valence electrons. The van der Waals surface area contributed by atoms with E-state index in [0.29, 0.717) is 11.1 Å². The smallest absolute Gasteiger partial charge is 0.257 e. The number of rotatable bonds is 2. The topological polar surface area (TPSA) is 34.0 Å². The van der Waals surface area contributed by atoms with Crippen molar-refractivity contribution in [3.05, 3.63) is 66.1 Å². The number of carbonyl (C=O) groups is 1. The van der Waals surface area contributed by atoms with Crippen LogP contribution in [0.5, 0.6) is 0 Å². The molecule has 0 atom stereocenters. The van der Waals surface area contributed by atoms with Gasteiger partial charge in [-0.15, -0.1) is 0 Å². The molecule has 0 radical (unpaired) electrons. The molecule has 0 aliphatic carbocycles. The van der Waals surface area contributed by atoms with E-state index in [1.807, 2.05) is 30.3 Å². The molecule has 0 fully saturated rings. The maximum atomic E-state index is 13.3. The maximum absolute atomic E-state index is 13.3. The van der Waals surface area contributed by atoms with E-state index >= 15 is 0 Å². The number of nitrogens with one attached hydrogen (secondary N) is 1. The highest BCUT2D eigenvalue weighted by Gasteiger charge is 2.14. The van der Waals surface area contributed by atoms with Crippen molar-refractivity contribution < 1.29 is 9.18 Å². The Labute approximate surface area is 115 Å². The number of aryl methyl sites for hydroxylation is 1. The summed E-state index contributed by atoms with van der Waals surface area (Å²) >= 11 is 0. The van der Waals surface area contributed by atoms with Crippen LogP contribution in [0.2, 0.25) is 0 Å². The van der Waals surface area contributed by atoms with Crippen LogP contribution in [0.3, 0.4) is 0 Å². The number of nitrogens with zero attached hydrogens (tertiary/aromatic N) is 1. The monoisotopic (exact) mass is 268 g/mol. The number of anilines is 1. The summed E-state index contributed by atoms with van der Waals surface area (Å²) in [7, 11) is 1.79. The molecule has 0 spiro atoms. The van der Waals surface area contributed by atoms with Gasteiger partial charge in [0.05, 0.1) is 11.1 Å². The first kappa shape index (κ1) is 12.4. The fraction of sp³-hybridized carbons (Fsp3) is 0.0625. The first-order valence-electron chi connectivity index (χ1n) is 6.26. The Hall–Kier alpha value is -2.62. The van der Waals surface area contributed by atoms with Crippen molar-refractivity contribution in [2.45, 2.75) is 0 Å². The zero-order valence-electron chi connectivity index (χ0n) is 10.9. The molecule has 1 heterocycles. The quantitative estimate of drug-likeness (QED) is 0.757. The third kappa shape index (κ3) is 2.16. The molecule has 1 aromatic heterocycles. The molecule has 3 aromatic rings. The predicted molar refractivity (Wildman–Crippen MR) is 77.3 cm³/mol. The van der Waals surface area contributed by atoms with Gasteiger partial charge >= 0.3 is 0 Å². The fourth-order valence-electron chi connectivity index (χ4n) is 2.26. The number of fused-ring (bicyclic) bond motifs is 1. The lowest BCUT2D eigenvalue weighted by molar-refractivity contribution is 0.102. The fourth-order valence-corrected chi connectivity index (χ4v) is 2.26. The minimum atomic E-state index is -0.311. The Kier molecular flexibility index (Phi) is 2.99. The van der Waals surface area contributed by atoms with Crippen LogP contribution in [0, 0.1) is 5.82 Å². The molecule has 0 saturated heterocycles. The van der Waals surface area contributed by atoms with Crippen molar-refractivity contribution in [3.63, 3.8) is 0 Å². The summed E-state index contributed by atoms with van der Waals surface area (Å²) in [6.45, 7) is 0. The number of para-hydroxylation sites is 1. The van der Waals surface area contributed by atoms with E-state index in [1.54, 1.807) is 23.9 Å². The molecule has 1 N–H and O–H groups in total. The summed E-state index contributed by atoms with van der Waals surface area (Å²) in [5.74, 6) is -0.512. The Balaban J connectivity index is 2.00. The number of benzene rings is 2. The lowest BCUT2D eigenvalue weighted by Gasteiger charge is -2.03. The lowest BCUT2D eigenvalue weighted by atomic mass is 10.1. The molecule has 0 aliphatic rings. The van der Waals surface area contributed by atoms with Crippen LogP contribution in [0.1, 0.15) is 10.4 Å². The zero-order chi connectivity index (χ0) is 14.1. The lowest BCUT2D eigenvalue weighted by Crippen LogP contribution is -2.11. The summed E-state index contributed by atoms with van der Waals surface area (Å²) in [4.78, 5) is 12.3. The van der Waals surface area contributed by atoms with Gasteiger partial charge in [-0.1, -0.05) is 18.2 Å². The molecule has 0 saturated carbocycles. The second-order valence-corrected chi connectivity index (χ2v) is 4.64. The third-order valence-electron chi connectivity index (χ3n) is 3.23. The molecular formula is C16H13FN2O. The average Bonchev–Trinajstić information content (AvgIpc) is 2.77. The van der Waals surface area contributed by atoms with E-state index in [2.05, 4.69) is 5.32 Å². The van der Waals surface area contributed by atoms with Gasteiger partial charge in [-0.2, -0.15) is 0 Å². The largest absolute Gasteiger partial charge is 0.350 e. The first-order valence-corrected chi connectivity index (χ1v) is 6.26. The maximum Gasteiger partial charge on any atom is 0.257 e. The van der Waals surface area contributed by atoms with Gasteiger partial charge in [0.2, 0.25) is 0 Å². The minimum absolute atomic E-state index is 0.201. The molecule has 3 nitrogen and oxygen atoms in total. The molecule has 3 rings (SSSR count). The van der Waals surface area contributed by atoms with Gasteiger partial charge < -0.3 is 9.88 Å². The normalized spacial score (nSPS) is 10.7. The second-order valence-electron chi connectivity index (χ2n) is 4.64. The van der Waals surface area contributed by atoms with Gasteiger partial charge in [0.1, 0.15) is 5.82 Å². The summed E-state index contributed by atoms with van der Waals surface area (Å²) in [6, 6.07) is 13.7. The van der Waals surface area contributed by atoms with Gasteiger partial charge in [0.25, 0.3) is 5.91 Å². The van der Waals surface area contributed by atoms with Crippen LogP contribution in [-0.4, -0.2) is 10.5 Å². The van der Waals surface area contributed by atoms with Crippen LogP contribution in [-0.2, 0) is 7.05 Å². The molecule has 2 aromatic carbocycles. The SMILES string of the molecule is Cn1cc(C(=O)Nc2ccccc2)c2ccc(F)cc21. The van der Waals surface area contributed by atoms with Crippen molar-refractivity contribution in [3.8, 4) is 0 Å². The standard InChI is InChI=1S/C16H13FN2O/c1-19-10-14(13-8-7-11(17)9-15(13)19)16(20)18-12-5-3-2-4-6-12/h2-10H,1H3,(H,18,20). The number of aromatic nitrogens is 1. The zero-order valence-corrected chi connectivity index (χ0v) is 10.9. The van der Waals surface area contributed by atoms with Gasteiger partial charge in [-0.05, 0) is 30.3 Å². The Morgan fingerprint density at radius 3 is 2.65 bits per heavy atom. The van der Waals surface area contributed by atoms with E-state index < -0.39 is 0 Å². The van der Waals surface area contributed by atoms with Crippen molar-refractivity contribution in [1.29, 1.82) is 0 Å². The van der Waals surface area contributed by atoms with E-state index in [1.165, 1.54) is 12.1 Å². The molecule has 20 heavy (non-hydrogen) atoms. The predicted octanol–water partition coefficient (Wildman–Crippen LogP) is 3.57. The van der Waals surface area contributed by atoms with Crippen LogP contribution >= 0.6 is 0 Å². The number of carbonyl (C=O) groups excluding carboxylic acids is 1. The van der Waals surface area contributed by atoms with E-state index in [4.69, 9.17) is 0 Å². The van der Waals surface area contributed by atoms with E-state index in [-0.39, 0.29) is 11.7 Å². The van der Waals surface area contributed by atoms with Gasteiger partial charge in [0.15, 0.2) is 0 Å². The van der Waals surface area contributed by atoms with Crippen molar-refractivity contribution >= 4 is 22.5 Å². The number of hydrogen-bond acceptors (Lipinski definition) is 1. The summed E-state index contributed by atoms with van der Waals surface area (Å²) < 4.78 is 15.0. The Bertz CT molecular complexity index is 778. The number of halogens is 1. The second kappa shape index (κ2) is 4.81. The van der Waals surface area contributed by atoms with Crippen molar-refractivity contribution in [2.24, 2.45) is 7.05 Å². The molecule has 0 bridgehead atoms. The molecule has 0 aliphatic heterocycles. The Morgan fingerprint density at radius 2 is 1.90 bits per heavy atom. The summed E-state index contributed by atoms with van der Waals surface area (Å²) in [5, 5.41) is 3.57. The van der Waals surface area contributed by atoms with Crippen molar-refractivity contribution in [1.82, 2.24) is 4.57 Å². The Morgan fingerprint density at radius 1 is 1.15 bits per heavy atom. The highest BCUT2D eigenvalue weighted by Crippen LogP contribution is 2.22. The van der Waals surface area contributed by atoms with E-state index in [0.717, 1.165) is 11.1 Å². The van der Waals surface area contributed by atoms with Crippen LogP contribution < -0.4 is 5.32 Å². The van der Waals surface area contributed by atoms with Crippen LogP contribution in [0.4, 0.5) is 10.1 Å². The van der Waals surface area contributed by atoms with Gasteiger partial charge in [-0.3, -0.25) is 4.79 Å². The van der Waals surface area contributed by atoms with Gasteiger partial charge in [0, 0.05) is 24.3 Å². The molecule has 0 unspecified atom stereocenters. The van der Waals surface area contributed by atoms with E-state index in [9.17, 15) is 9.18 Å². The first-order chi connectivity index (χ1) is 9.65. The molecule has 4 heteroatoms. The third-order valence-corrected chi connectivity index (χ3v) is 3.23.